The summed E-state index contributed by atoms with van der Waals surface area (Å²) < 4.78 is 0. The number of aliphatic imine (C=N–C) groups is 1. The highest BCUT2D eigenvalue weighted by atomic mass is 16.1. The lowest BCUT2D eigenvalue weighted by molar-refractivity contribution is -0.119. The second kappa shape index (κ2) is 8.51. The summed E-state index contributed by atoms with van der Waals surface area (Å²) in [4.78, 5) is 25.5. The minimum absolute atomic E-state index is 0.233. The molecule has 1 fully saturated rings. The maximum Gasteiger partial charge on any atom is 0.217 e. The van der Waals surface area contributed by atoms with Gasteiger partial charge in [-0.2, -0.15) is 0 Å². The summed E-state index contributed by atoms with van der Waals surface area (Å²) in [5.41, 5.74) is 7.46. The average molecular weight is 354 g/mol. The molecule has 0 saturated carbocycles. The van der Waals surface area contributed by atoms with Crippen molar-refractivity contribution in [2.75, 3.05) is 20.1 Å². The Bertz CT molecular complexity index is 754. The van der Waals surface area contributed by atoms with Crippen molar-refractivity contribution in [3.8, 4) is 11.3 Å². The number of guanidine groups is 1. The second-order valence-electron chi connectivity index (χ2n) is 6.64. The molecule has 2 aromatic rings. The molecule has 2 heterocycles. The molecule has 138 valence electrons. The fourth-order valence-corrected chi connectivity index (χ4v) is 3.42. The van der Waals surface area contributed by atoms with Crippen LogP contribution in [0.5, 0.6) is 0 Å². The molecule has 0 bridgehead atoms. The summed E-state index contributed by atoms with van der Waals surface area (Å²) in [6.45, 7) is 2.30. The maximum atomic E-state index is 11.2. The number of carbonyl (C=O) groups is 1. The Balaban J connectivity index is 1.58. The number of carbonyl (C=O) groups excluding carboxylic acids is 1. The fraction of sp³-hybridized carbons (Fsp3) is 0.421. The van der Waals surface area contributed by atoms with Crippen molar-refractivity contribution in [1.29, 1.82) is 0 Å². The van der Waals surface area contributed by atoms with Crippen molar-refractivity contribution in [3.63, 3.8) is 0 Å². The van der Waals surface area contributed by atoms with Gasteiger partial charge in [0.25, 0.3) is 0 Å². The van der Waals surface area contributed by atoms with Gasteiger partial charge in [0.2, 0.25) is 5.91 Å². The Hall–Kier alpha value is -2.83. The number of rotatable bonds is 5. The topological polar surface area (TPSA) is 99.4 Å². The number of hydrogen-bond acceptors (Lipinski definition) is 3. The molecule has 1 aromatic heterocycles. The molecule has 1 aromatic carbocycles. The molecule has 1 atom stereocenters. The third-order valence-electron chi connectivity index (χ3n) is 4.65. The van der Waals surface area contributed by atoms with Crippen LogP contribution in [0.4, 0.5) is 0 Å². The number of primary amides is 1. The van der Waals surface area contributed by atoms with Crippen LogP contribution in [0.3, 0.4) is 0 Å². The molecule has 7 heteroatoms. The molecule has 1 aliphatic heterocycles. The highest BCUT2D eigenvalue weighted by Gasteiger charge is 2.23. The smallest absolute Gasteiger partial charge is 0.217 e. The van der Waals surface area contributed by atoms with Crippen LogP contribution < -0.4 is 11.1 Å². The van der Waals surface area contributed by atoms with Crippen LogP contribution in [0.25, 0.3) is 11.3 Å². The zero-order valence-electron chi connectivity index (χ0n) is 15.1. The first-order valence-electron chi connectivity index (χ1n) is 8.99. The average Bonchev–Trinajstić information content (AvgIpc) is 3.12. The van der Waals surface area contributed by atoms with Gasteiger partial charge < -0.3 is 20.9 Å². The molecule has 1 unspecified atom stereocenters. The van der Waals surface area contributed by atoms with Crippen molar-refractivity contribution < 1.29 is 4.79 Å². The highest BCUT2D eigenvalue weighted by molar-refractivity contribution is 5.80. The zero-order chi connectivity index (χ0) is 18.4. The van der Waals surface area contributed by atoms with Gasteiger partial charge in [-0.1, -0.05) is 30.3 Å². The number of amides is 1. The number of nitrogens with two attached hydrogens (primary N) is 1. The Morgan fingerprint density at radius 2 is 2.23 bits per heavy atom. The summed E-state index contributed by atoms with van der Waals surface area (Å²) in [5.74, 6) is 1.75. The maximum absolute atomic E-state index is 11.2. The fourth-order valence-electron chi connectivity index (χ4n) is 3.42. The van der Waals surface area contributed by atoms with E-state index in [0.717, 1.165) is 49.0 Å². The zero-order valence-corrected chi connectivity index (χ0v) is 15.1. The standard InChI is InChI=1S/C19H26N6O/c1-21-19(25-9-5-6-14(13-25)10-17(20)26)23-12-18-22-11-16(24-18)15-7-3-2-4-8-15/h2-4,7-8,11,14H,5-6,9-10,12-13H2,1H3,(H2,20,26)(H,21,23)(H,22,24). The minimum atomic E-state index is -0.233. The van der Waals surface area contributed by atoms with Gasteiger partial charge in [-0.3, -0.25) is 9.79 Å². The van der Waals surface area contributed by atoms with Crippen molar-refractivity contribution in [3.05, 3.63) is 42.4 Å². The van der Waals surface area contributed by atoms with Crippen LogP contribution in [0, 0.1) is 5.92 Å². The van der Waals surface area contributed by atoms with E-state index in [-0.39, 0.29) is 5.91 Å². The van der Waals surface area contributed by atoms with E-state index in [0.29, 0.717) is 18.9 Å². The second-order valence-corrected chi connectivity index (χ2v) is 6.64. The molecule has 0 spiro atoms. The van der Waals surface area contributed by atoms with E-state index in [1.807, 2.05) is 24.4 Å². The Labute approximate surface area is 153 Å². The van der Waals surface area contributed by atoms with Gasteiger partial charge in [-0.25, -0.2) is 4.98 Å². The number of likely N-dealkylation sites (tertiary alicyclic amines) is 1. The Morgan fingerprint density at radius 1 is 1.42 bits per heavy atom. The van der Waals surface area contributed by atoms with E-state index < -0.39 is 0 Å². The van der Waals surface area contributed by atoms with Gasteiger partial charge in [0.15, 0.2) is 5.96 Å². The van der Waals surface area contributed by atoms with Crippen LogP contribution in [-0.4, -0.2) is 46.9 Å². The SMILES string of the molecule is CN=C(NCc1ncc(-c2ccccc2)[nH]1)N1CCCC(CC(N)=O)C1. The molecule has 1 aliphatic rings. The van der Waals surface area contributed by atoms with Crippen LogP contribution in [0.2, 0.25) is 0 Å². The van der Waals surface area contributed by atoms with Crippen LogP contribution >= 0.6 is 0 Å². The molecule has 26 heavy (non-hydrogen) atoms. The van der Waals surface area contributed by atoms with E-state index in [2.05, 4.69) is 37.3 Å². The van der Waals surface area contributed by atoms with Crippen LogP contribution in [0.1, 0.15) is 25.1 Å². The Morgan fingerprint density at radius 3 is 2.96 bits per heavy atom. The molecule has 1 amide bonds. The molecular formula is C19H26N6O. The van der Waals surface area contributed by atoms with Crippen LogP contribution in [-0.2, 0) is 11.3 Å². The number of benzene rings is 1. The van der Waals surface area contributed by atoms with Gasteiger partial charge in [0.1, 0.15) is 5.82 Å². The summed E-state index contributed by atoms with van der Waals surface area (Å²) >= 11 is 0. The molecule has 0 radical (unpaired) electrons. The first-order chi connectivity index (χ1) is 12.7. The molecule has 7 nitrogen and oxygen atoms in total. The number of nitrogens with zero attached hydrogens (tertiary/aromatic N) is 3. The van der Waals surface area contributed by atoms with E-state index >= 15 is 0 Å². The number of hydrogen-bond donors (Lipinski definition) is 3. The Kier molecular flexibility index (Phi) is 5.88. The summed E-state index contributed by atoms with van der Waals surface area (Å²) in [5, 5.41) is 3.36. The third kappa shape index (κ3) is 4.62. The first-order valence-corrected chi connectivity index (χ1v) is 8.99. The molecule has 4 N–H and O–H groups in total. The largest absolute Gasteiger partial charge is 0.370 e. The molecule has 3 rings (SSSR count). The predicted molar refractivity (Wildman–Crippen MR) is 102 cm³/mol. The van der Waals surface area contributed by atoms with Crippen molar-refractivity contribution in [1.82, 2.24) is 20.2 Å². The van der Waals surface area contributed by atoms with Crippen molar-refractivity contribution >= 4 is 11.9 Å². The number of piperidine rings is 1. The molecule has 0 aliphatic carbocycles. The summed E-state index contributed by atoms with van der Waals surface area (Å²) in [6.07, 6.45) is 4.36. The molecule has 1 saturated heterocycles. The van der Waals surface area contributed by atoms with Gasteiger partial charge in [0, 0.05) is 26.6 Å². The van der Waals surface area contributed by atoms with Gasteiger partial charge in [-0.05, 0) is 24.3 Å². The predicted octanol–water partition coefficient (Wildman–Crippen LogP) is 1.74. The summed E-state index contributed by atoms with van der Waals surface area (Å²) in [7, 11) is 1.78. The van der Waals surface area contributed by atoms with Gasteiger partial charge in [-0.15, -0.1) is 0 Å². The lowest BCUT2D eigenvalue weighted by Gasteiger charge is -2.34. The van der Waals surface area contributed by atoms with Gasteiger partial charge >= 0.3 is 0 Å². The lowest BCUT2D eigenvalue weighted by atomic mass is 9.95. The van der Waals surface area contributed by atoms with E-state index in [4.69, 9.17) is 5.73 Å². The van der Waals surface area contributed by atoms with E-state index in [9.17, 15) is 4.79 Å². The number of nitrogens with one attached hydrogen (secondary N) is 2. The van der Waals surface area contributed by atoms with E-state index in [1.54, 1.807) is 7.05 Å². The van der Waals surface area contributed by atoms with Gasteiger partial charge in [0.05, 0.1) is 18.4 Å². The highest BCUT2D eigenvalue weighted by Crippen LogP contribution is 2.19. The van der Waals surface area contributed by atoms with Crippen LogP contribution in [0.15, 0.2) is 41.5 Å². The number of imidazole rings is 1. The lowest BCUT2D eigenvalue weighted by Crippen LogP contribution is -2.47. The third-order valence-corrected chi connectivity index (χ3v) is 4.65. The number of H-pyrrole nitrogens is 1. The van der Waals surface area contributed by atoms with Crippen molar-refractivity contribution in [2.24, 2.45) is 16.6 Å². The minimum Gasteiger partial charge on any atom is -0.370 e. The number of aromatic amines is 1. The summed E-state index contributed by atoms with van der Waals surface area (Å²) in [6, 6.07) is 10.1. The molecular weight excluding hydrogens is 328 g/mol. The first kappa shape index (κ1) is 18.0. The normalized spacial score (nSPS) is 18.0. The monoisotopic (exact) mass is 354 g/mol. The van der Waals surface area contributed by atoms with Crippen molar-refractivity contribution in [2.45, 2.75) is 25.8 Å². The number of aromatic nitrogens is 2. The van der Waals surface area contributed by atoms with E-state index in [1.165, 1.54) is 0 Å². The quantitative estimate of drug-likeness (QED) is 0.562.